The van der Waals surface area contributed by atoms with Crippen LogP contribution in [0.15, 0.2) is 48.6 Å². The van der Waals surface area contributed by atoms with Gasteiger partial charge in [0.2, 0.25) is 5.91 Å². The molecule has 0 aromatic heterocycles. The number of phosphoric acid groups is 1. The molecule has 0 rings (SSSR count). The molecule has 0 heterocycles. The molecule has 280 valence electrons. The number of carbonyl (C=O) groups is 1. The molecule has 0 fully saturated rings. The normalized spacial score (nSPS) is 14.9. The lowest BCUT2D eigenvalue weighted by Crippen LogP contribution is -2.45. The van der Waals surface area contributed by atoms with Crippen LogP contribution in [0.2, 0.25) is 0 Å². The maximum absolute atomic E-state index is 12.7. The van der Waals surface area contributed by atoms with Gasteiger partial charge in [-0.1, -0.05) is 146 Å². The predicted octanol–water partition coefficient (Wildman–Crippen LogP) is 10.2. The SMILES string of the molecule is CCCC/C=C\C/C=C\CCCCCCCC(=O)NC(COP(=O)(O)OCCN)C(O)/C=C/CC/C=C/CCCCCCCCCCC. The molecule has 0 spiro atoms. The number of rotatable bonds is 35. The third-order valence-corrected chi connectivity index (χ3v) is 9.11. The number of nitrogens with one attached hydrogen (secondary N) is 1. The van der Waals surface area contributed by atoms with Gasteiger partial charge in [0.1, 0.15) is 0 Å². The molecule has 0 saturated carbocycles. The molecule has 8 nitrogen and oxygen atoms in total. The molecule has 1 amide bonds. The molecule has 0 radical (unpaired) electrons. The molecular weight excluding hydrogens is 623 g/mol. The third kappa shape index (κ3) is 33.0. The number of nitrogens with two attached hydrogens (primary N) is 1. The number of hydrogen-bond donors (Lipinski definition) is 4. The summed E-state index contributed by atoms with van der Waals surface area (Å²) < 4.78 is 22.0. The molecule has 0 saturated heterocycles. The average Bonchev–Trinajstić information content (AvgIpc) is 3.07. The van der Waals surface area contributed by atoms with E-state index >= 15 is 0 Å². The van der Waals surface area contributed by atoms with E-state index in [-0.39, 0.29) is 25.7 Å². The molecule has 0 aliphatic rings. The van der Waals surface area contributed by atoms with Crippen molar-refractivity contribution in [1.29, 1.82) is 0 Å². The largest absolute Gasteiger partial charge is 0.472 e. The molecule has 48 heavy (non-hydrogen) atoms. The van der Waals surface area contributed by atoms with Crippen LogP contribution in [-0.2, 0) is 18.4 Å². The molecule has 9 heteroatoms. The summed E-state index contributed by atoms with van der Waals surface area (Å²) in [5.41, 5.74) is 5.35. The predicted molar refractivity (Wildman–Crippen MR) is 203 cm³/mol. The second-order valence-electron chi connectivity index (χ2n) is 12.8. The van der Waals surface area contributed by atoms with E-state index in [1.54, 1.807) is 6.08 Å². The Morgan fingerprint density at radius 1 is 0.688 bits per heavy atom. The van der Waals surface area contributed by atoms with Gasteiger partial charge in [0.15, 0.2) is 0 Å². The Bertz CT molecular complexity index is 892. The van der Waals surface area contributed by atoms with Crippen LogP contribution in [0.3, 0.4) is 0 Å². The smallest absolute Gasteiger partial charge is 0.387 e. The van der Waals surface area contributed by atoms with Gasteiger partial charge in [-0.2, -0.15) is 0 Å². The van der Waals surface area contributed by atoms with Gasteiger partial charge < -0.3 is 21.1 Å². The summed E-state index contributed by atoms with van der Waals surface area (Å²) in [6.07, 6.45) is 41.5. The minimum atomic E-state index is -4.35. The van der Waals surface area contributed by atoms with Crippen LogP contribution in [0.1, 0.15) is 162 Å². The highest BCUT2D eigenvalue weighted by molar-refractivity contribution is 7.47. The zero-order valence-corrected chi connectivity index (χ0v) is 31.6. The van der Waals surface area contributed by atoms with Crippen molar-refractivity contribution in [1.82, 2.24) is 5.32 Å². The monoisotopic (exact) mass is 697 g/mol. The van der Waals surface area contributed by atoms with E-state index in [1.165, 1.54) is 77.0 Å². The van der Waals surface area contributed by atoms with E-state index in [2.05, 4.69) is 55.6 Å². The first kappa shape index (κ1) is 46.5. The van der Waals surface area contributed by atoms with Crippen LogP contribution in [0.5, 0.6) is 0 Å². The van der Waals surface area contributed by atoms with Gasteiger partial charge in [0.25, 0.3) is 0 Å². The quantitative estimate of drug-likeness (QED) is 0.0295. The fourth-order valence-electron chi connectivity index (χ4n) is 5.16. The molecule has 0 bridgehead atoms. The standard InChI is InChI=1S/C39H73N2O6P/c1-3-5-7-9-11-13-15-17-19-20-22-24-26-28-30-32-38(42)37(36-47-48(44,45)46-35-34-40)41-39(43)33-31-29-27-25-23-21-18-16-14-12-10-8-6-4-2/h10,12,16,18,22,24,30,32,37-38,42H,3-9,11,13-15,17,19-21,23,25-29,31,33-36,40H2,1-2H3,(H,41,43)(H,44,45)/b12-10-,18-16-,24-22+,32-30+. The molecule has 3 atom stereocenters. The summed E-state index contributed by atoms with van der Waals surface area (Å²) in [6, 6.07) is -0.883. The van der Waals surface area contributed by atoms with Crippen LogP contribution >= 0.6 is 7.82 Å². The molecular formula is C39H73N2O6P. The summed E-state index contributed by atoms with van der Waals surface area (Å²) in [4.78, 5) is 22.6. The molecule has 0 aliphatic carbocycles. The van der Waals surface area contributed by atoms with Crippen molar-refractivity contribution in [3.8, 4) is 0 Å². The Hall–Kier alpha value is -1.54. The summed E-state index contributed by atoms with van der Waals surface area (Å²) in [7, 11) is -4.35. The van der Waals surface area contributed by atoms with Crippen LogP contribution in [-0.4, -0.2) is 47.8 Å². The van der Waals surface area contributed by atoms with E-state index in [9.17, 15) is 19.4 Å². The van der Waals surface area contributed by atoms with Gasteiger partial charge in [-0.05, 0) is 57.8 Å². The highest BCUT2D eigenvalue weighted by Crippen LogP contribution is 2.43. The maximum Gasteiger partial charge on any atom is 0.472 e. The van der Waals surface area contributed by atoms with E-state index in [4.69, 9.17) is 14.8 Å². The Morgan fingerprint density at radius 2 is 1.19 bits per heavy atom. The van der Waals surface area contributed by atoms with Gasteiger partial charge in [-0.3, -0.25) is 13.8 Å². The highest BCUT2D eigenvalue weighted by atomic mass is 31.2. The van der Waals surface area contributed by atoms with Gasteiger partial charge in [-0.25, -0.2) is 4.57 Å². The number of hydrogen-bond acceptors (Lipinski definition) is 6. The first-order valence-electron chi connectivity index (χ1n) is 19.3. The number of aliphatic hydroxyl groups is 1. The van der Waals surface area contributed by atoms with Crippen molar-refractivity contribution in [3.05, 3.63) is 48.6 Å². The Kier molecular flexibility index (Phi) is 34.2. The van der Waals surface area contributed by atoms with Crippen LogP contribution in [0.4, 0.5) is 0 Å². The summed E-state index contributed by atoms with van der Waals surface area (Å²) in [5.74, 6) is -0.221. The van der Waals surface area contributed by atoms with Crippen molar-refractivity contribution >= 4 is 13.7 Å². The van der Waals surface area contributed by atoms with Gasteiger partial charge in [0.05, 0.1) is 25.4 Å². The summed E-state index contributed by atoms with van der Waals surface area (Å²) >= 11 is 0. The molecule has 0 aromatic rings. The van der Waals surface area contributed by atoms with Crippen molar-refractivity contribution in [2.24, 2.45) is 5.73 Å². The van der Waals surface area contributed by atoms with E-state index in [1.807, 2.05) is 6.08 Å². The van der Waals surface area contributed by atoms with Crippen LogP contribution < -0.4 is 11.1 Å². The molecule has 0 aliphatic heterocycles. The number of carbonyl (C=O) groups excluding carboxylic acids is 1. The minimum absolute atomic E-state index is 0.0700. The average molecular weight is 697 g/mol. The first-order valence-corrected chi connectivity index (χ1v) is 20.8. The van der Waals surface area contributed by atoms with Gasteiger partial charge >= 0.3 is 7.82 Å². The maximum atomic E-state index is 12.7. The number of allylic oxidation sites excluding steroid dienone is 7. The Morgan fingerprint density at radius 3 is 1.79 bits per heavy atom. The number of amides is 1. The first-order chi connectivity index (χ1) is 23.4. The lowest BCUT2D eigenvalue weighted by molar-refractivity contribution is -0.123. The fourth-order valence-corrected chi connectivity index (χ4v) is 5.92. The Labute approximate surface area is 294 Å². The minimum Gasteiger partial charge on any atom is -0.387 e. The number of unbranched alkanes of at least 4 members (excludes halogenated alkanes) is 17. The molecule has 0 aromatic carbocycles. The van der Waals surface area contributed by atoms with Crippen molar-refractivity contribution in [2.45, 2.75) is 174 Å². The molecule has 5 N–H and O–H groups in total. The summed E-state index contributed by atoms with van der Waals surface area (Å²) in [5, 5.41) is 13.6. The van der Waals surface area contributed by atoms with Crippen LogP contribution in [0.25, 0.3) is 0 Å². The van der Waals surface area contributed by atoms with Gasteiger partial charge in [-0.15, -0.1) is 0 Å². The van der Waals surface area contributed by atoms with E-state index in [0.717, 1.165) is 64.2 Å². The third-order valence-electron chi connectivity index (χ3n) is 8.13. The lowest BCUT2D eigenvalue weighted by atomic mass is 10.1. The van der Waals surface area contributed by atoms with E-state index < -0.39 is 20.0 Å². The fraction of sp³-hybridized carbons (Fsp3) is 0.769. The second-order valence-corrected chi connectivity index (χ2v) is 14.2. The number of aliphatic hydroxyl groups excluding tert-OH is 1. The van der Waals surface area contributed by atoms with Crippen LogP contribution in [0, 0.1) is 0 Å². The van der Waals surface area contributed by atoms with E-state index in [0.29, 0.717) is 6.42 Å². The zero-order valence-electron chi connectivity index (χ0n) is 30.7. The summed E-state index contributed by atoms with van der Waals surface area (Å²) in [6.45, 7) is 4.03. The Balaban J connectivity index is 4.40. The van der Waals surface area contributed by atoms with Gasteiger partial charge in [0, 0.05) is 13.0 Å². The van der Waals surface area contributed by atoms with Crippen molar-refractivity contribution in [2.75, 3.05) is 19.8 Å². The molecule has 3 unspecified atom stereocenters. The highest BCUT2D eigenvalue weighted by Gasteiger charge is 2.26. The second kappa shape index (κ2) is 35.3. The zero-order chi connectivity index (χ0) is 35.4. The van der Waals surface area contributed by atoms with Crippen molar-refractivity contribution in [3.63, 3.8) is 0 Å². The number of phosphoric ester groups is 1. The lowest BCUT2D eigenvalue weighted by Gasteiger charge is -2.23. The van der Waals surface area contributed by atoms with Crippen molar-refractivity contribution < 1.29 is 28.4 Å². The topological polar surface area (TPSA) is 131 Å².